The molecule has 1 fully saturated rings. The fraction of sp³-hybridized carbons (Fsp3) is 0.929. The van der Waals surface area contributed by atoms with E-state index in [0.717, 1.165) is 5.92 Å². The summed E-state index contributed by atoms with van der Waals surface area (Å²) < 4.78 is 0. The number of hydrogen-bond donors (Lipinski definition) is 1. The summed E-state index contributed by atoms with van der Waals surface area (Å²) in [5.41, 5.74) is -0.250. The van der Waals surface area contributed by atoms with Gasteiger partial charge in [-0.2, -0.15) is 0 Å². The van der Waals surface area contributed by atoms with Gasteiger partial charge < -0.3 is 5.32 Å². The normalized spacial score (nSPS) is 26.5. The van der Waals surface area contributed by atoms with E-state index in [2.05, 4.69) is 12.2 Å². The van der Waals surface area contributed by atoms with Crippen molar-refractivity contribution in [3.63, 3.8) is 0 Å². The van der Waals surface area contributed by atoms with Gasteiger partial charge in [0.1, 0.15) is 0 Å². The molecule has 0 bridgehead atoms. The molecule has 2 heteroatoms. The maximum Gasteiger partial charge on any atom is 0.225 e. The summed E-state index contributed by atoms with van der Waals surface area (Å²) in [4.78, 5) is 11.8. The van der Waals surface area contributed by atoms with Crippen LogP contribution in [-0.4, -0.2) is 11.9 Å². The standard InChI is InChI=1S/C14H27NO/c1-5-6-11-7-9-12(10-8-11)15-13(16)14(2,3)4/h11-12H,5-10H2,1-4H3,(H,15,16). The van der Waals surface area contributed by atoms with Crippen LogP contribution in [0.5, 0.6) is 0 Å². The van der Waals surface area contributed by atoms with E-state index in [1.807, 2.05) is 20.8 Å². The monoisotopic (exact) mass is 225 g/mol. The van der Waals surface area contributed by atoms with Crippen molar-refractivity contribution in [1.82, 2.24) is 5.32 Å². The molecule has 0 spiro atoms. The molecule has 1 aliphatic rings. The molecular weight excluding hydrogens is 198 g/mol. The van der Waals surface area contributed by atoms with E-state index >= 15 is 0 Å². The van der Waals surface area contributed by atoms with Gasteiger partial charge in [-0.05, 0) is 31.6 Å². The van der Waals surface area contributed by atoms with E-state index in [1.165, 1.54) is 38.5 Å². The summed E-state index contributed by atoms with van der Waals surface area (Å²) in [5, 5.41) is 3.18. The van der Waals surface area contributed by atoms with Crippen LogP contribution in [0, 0.1) is 11.3 Å². The first-order valence-corrected chi connectivity index (χ1v) is 6.74. The fourth-order valence-electron chi connectivity index (χ4n) is 2.41. The summed E-state index contributed by atoms with van der Waals surface area (Å²) in [6.07, 6.45) is 7.59. The quantitative estimate of drug-likeness (QED) is 0.782. The van der Waals surface area contributed by atoms with Crippen molar-refractivity contribution >= 4 is 5.91 Å². The van der Waals surface area contributed by atoms with E-state index in [9.17, 15) is 4.79 Å². The van der Waals surface area contributed by atoms with Crippen molar-refractivity contribution in [2.45, 2.75) is 72.3 Å². The van der Waals surface area contributed by atoms with Crippen molar-refractivity contribution in [1.29, 1.82) is 0 Å². The molecule has 0 saturated heterocycles. The summed E-state index contributed by atoms with van der Waals surface area (Å²) in [7, 11) is 0. The third-order valence-corrected chi connectivity index (χ3v) is 3.56. The van der Waals surface area contributed by atoms with Crippen LogP contribution in [0.1, 0.15) is 66.2 Å². The molecule has 94 valence electrons. The largest absolute Gasteiger partial charge is 0.353 e. The Bertz CT molecular complexity index is 221. The minimum absolute atomic E-state index is 0.200. The van der Waals surface area contributed by atoms with Crippen LogP contribution in [0.3, 0.4) is 0 Å². The zero-order valence-electron chi connectivity index (χ0n) is 11.3. The van der Waals surface area contributed by atoms with Gasteiger partial charge in [0.25, 0.3) is 0 Å². The van der Waals surface area contributed by atoms with Gasteiger partial charge in [-0.1, -0.05) is 40.5 Å². The molecule has 1 rings (SSSR count). The average Bonchev–Trinajstić information content (AvgIpc) is 2.20. The lowest BCUT2D eigenvalue weighted by Gasteiger charge is -2.31. The van der Waals surface area contributed by atoms with Gasteiger partial charge in [-0.3, -0.25) is 4.79 Å². The fourth-order valence-corrected chi connectivity index (χ4v) is 2.41. The molecule has 0 aromatic heterocycles. The van der Waals surface area contributed by atoms with Crippen LogP contribution >= 0.6 is 0 Å². The maximum atomic E-state index is 11.8. The third kappa shape index (κ3) is 4.15. The van der Waals surface area contributed by atoms with Crippen LogP contribution < -0.4 is 5.32 Å². The van der Waals surface area contributed by atoms with E-state index in [1.54, 1.807) is 0 Å². The second-order valence-electron chi connectivity index (χ2n) is 6.23. The number of carbonyl (C=O) groups is 1. The average molecular weight is 225 g/mol. The smallest absolute Gasteiger partial charge is 0.225 e. The van der Waals surface area contributed by atoms with Gasteiger partial charge in [-0.25, -0.2) is 0 Å². The van der Waals surface area contributed by atoms with Crippen molar-refractivity contribution in [2.75, 3.05) is 0 Å². The second-order valence-corrected chi connectivity index (χ2v) is 6.23. The van der Waals surface area contributed by atoms with E-state index in [0.29, 0.717) is 6.04 Å². The molecule has 2 nitrogen and oxygen atoms in total. The zero-order valence-corrected chi connectivity index (χ0v) is 11.3. The van der Waals surface area contributed by atoms with Crippen LogP contribution in [0.2, 0.25) is 0 Å². The molecule has 0 atom stereocenters. The molecule has 16 heavy (non-hydrogen) atoms. The molecule has 0 aromatic rings. The van der Waals surface area contributed by atoms with Crippen molar-refractivity contribution in [3.05, 3.63) is 0 Å². The minimum atomic E-state index is -0.250. The number of nitrogens with one attached hydrogen (secondary N) is 1. The molecule has 0 aliphatic heterocycles. The molecule has 0 radical (unpaired) electrons. The van der Waals surface area contributed by atoms with E-state index in [-0.39, 0.29) is 11.3 Å². The predicted molar refractivity (Wildman–Crippen MR) is 68.3 cm³/mol. The number of carbonyl (C=O) groups excluding carboxylic acids is 1. The Morgan fingerprint density at radius 1 is 1.19 bits per heavy atom. The van der Waals surface area contributed by atoms with Gasteiger partial charge in [0.2, 0.25) is 5.91 Å². The number of rotatable bonds is 3. The van der Waals surface area contributed by atoms with Crippen molar-refractivity contribution in [2.24, 2.45) is 11.3 Å². The molecule has 0 heterocycles. The molecule has 0 aromatic carbocycles. The highest BCUT2D eigenvalue weighted by Gasteiger charge is 2.26. The van der Waals surface area contributed by atoms with Crippen LogP contribution in [0.4, 0.5) is 0 Å². The lowest BCUT2D eigenvalue weighted by atomic mass is 9.83. The Kier molecular flexibility index (Phi) is 4.82. The summed E-state index contributed by atoms with van der Waals surface area (Å²) in [6.45, 7) is 8.19. The maximum absolute atomic E-state index is 11.8. The van der Waals surface area contributed by atoms with Crippen LogP contribution in [0.15, 0.2) is 0 Å². The van der Waals surface area contributed by atoms with Gasteiger partial charge in [0.15, 0.2) is 0 Å². The first kappa shape index (κ1) is 13.5. The van der Waals surface area contributed by atoms with Crippen LogP contribution in [0.25, 0.3) is 0 Å². The van der Waals surface area contributed by atoms with Gasteiger partial charge in [-0.15, -0.1) is 0 Å². The topological polar surface area (TPSA) is 29.1 Å². The highest BCUT2D eigenvalue weighted by Crippen LogP contribution is 2.28. The zero-order chi connectivity index (χ0) is 12.2. The number of hydrogen-bond acceptors (Lipinski definition) is 1. The summed E-state index contributed by atoms with van der Waals surface area (Å²) >= 11 is 0. The molecule has 1 saturated carbocycles. The minimum Gasteiger partial charge on any atom is -0.353 e. The van der Waals surface area contributed by atoms with Crippen molar-refractivity contribution < 1.29 is 4.79 Å². The molecule has 0 unspecified atom stereocenters. The highest BCUT2D eigenvalue weighted by atomic mass is 16.2. The van der Waals surface area contributed by atoms with Crippen LogP contribution in [-0.2, 0) is 4.79 Å². The van der Waals surface area contributed by atoms with E-state index < -0.39 is 0 Å². The summed E-state index contributed by atoms with van der Waals surface area (Å²) in [5.74, 6) is 1.11. The first-order valence-electron chi connectivity index (χ1n) is 6.74. The SMILES string of the molecule is CCCC1CCC(NC(=O)C(C)(C)C)CC1. The molecule has 1 N–H and O–H groups in total. The van der Waals surface area contributed by atoms with Gasteiger partial charge in [0.05, 0.1) is 0 Å². The lowest BCUT2D eigenvalue weighted by molar-refractivity contribution is -0.129. The second kappa shape index (κ2) is 5.70. The van der Waals surface area contributed by atoms with Gasteiger partial charge >= 0.3 is 0 Å². The number of amides is 1. The molecule has 1 amide bonds. The lowest BCUT2D eigenvalue weighted by Crippen LogP contribution is -2.43. The van der Waals surface area contributed by atoms with Gasteiger partial charge in [0, 0.05) is 11.5 Å². The Morgan fingerprint density at radius 3 is 2.19 bits per heavy atom. The molecular formula is C14H27NO. The highest BCUT2D eigenvalue weighted by molar-refractivity contribution is 5.81. The Morgan fingerprint density at radius 2 is 1.75 bits per heavy atom. The Labute approximate surface area is 100 Å². The predicted octanol–water partition coefficient (Wildman–Crippen LogP) is 3.51. The summed E-state index contributed by atoms with van der Waals surface area (Å²) in [6, 6.07) is 0.430. The Hall–Kier alpha value is -0.530. The first-order chi connectivity index (χ1) is 7.43. The Balaban J connectivity index is 2.30. The molecule has 1 aliphatic carbocycles. The van der Waals surface area contributed by atoms with Crippen molar-refractivity contribution in [3.8, 4) is 0 Å². The van der Waals surface area contributed by atoms with E-state index in [4.69, 9.17) is 0 Å². The third-order valence-electron chi connectivity index (χ3n) is 3.56.